The Morgan fingerprint density at radius 3 is 2.88 bits per heavy atom. The second-order valence-electron chi connectivity index (χ2n) is 3.73. The smallest absolute Gasteiger partial charge is 0.126 e. The van der Waals surface area contributed by atoms with E-state index in [0.717, 1.165) is 18.8 Å². The molecule has 0 fully saturated rings. The maximum atomic E-state index is 4.39. The first-order valence-electron chi connectivity index (χ1n) is 5.59. The number of hydrogen-bond acceptors (Lipinski definition) is 3. The molecule has 0 unspecified atom stereocenters. The molecule has 0 saturated heterocycles. The van der Waals surface area contributed by atoms with Crippen LogP contribution in [0.15, 0.2) is 35.8 Å². The number of rotatable bonds is 5. The Hall–Kier alpha value is -1.35. The van der Waals surface area contributed by atoms with Crippen LogP contribution in [0.2, 0.25) is 0 Å². The standard InChI is InChI=1S/C13H16N2S/c1-2-4-11-6-7-13(14-9-11)15-10-12-5-3-8-16-12/h3,5-9H,2,4,10H2,1H3,(H,14,15). The predicted molar refractivity (Wildman–Crippen MR) is 69.9 cm³/mol. The summed E-state index contributed by atoms with van der Waals surface area (Å²) in [5.41, 5.74) is 1.31. The van der Waals surface area contributed by atoms with Crippen molar-refractivity contribution in [3.8, 4) is 0 Å². The zero-order valence-corrected chi connectivity index (χ0v) is 10.3. The third kappa shape index (κ3) is 3.07. The second kappa shape index (κ2) is 5.66. The molecule has 0 atom stereocenters. The highest BCUT2D eigenvalue weighted by Gasteiger charge is 1.96. The van der Waals surface area contributed by atoms with Gasteiger partial charge in [-0.2, -0.15) is 0 Å². The zero-order chi connectivity index (χ0) is 11.2. The Bertz CT molecular complexity index is 406. The molecule has 0 spiro atoms. The van der Waals surface area contributed by atoms with Gasteiger partial charge in [-0.15, -0.1) is 11.3 Å². The lowest BCUT2D eigenvalue weighted by Gasteiger charge is -2.04. The number of thiophene rings is 1. The Morgan fingerprint density at radius 2 is 2.25 bits per heavy atom. The fraction of sp³-hybridized carbons (Fsp3) is 0.308. The van der Waals surface area contributed by atoms with Gasteiger partial charge in [-0.1, -0.05) is 25.5 Å². The molecule has 16 heavy (non-hydrogen) atoms. The molecule has 0 saturated carbocycles. The van der Waals surface area contributed by atoms with Crippen molar-refractivity contribution in [2.24, 2.45) is 0 Å². The van der Waals surface area contributed by atoms with Gasteiger partial charge >= 0.3 is 0 Å². The summed E-state index contributed by atoms with van der Waals surface area (Å²) in [4.78, 5) is 5.72. The number of nitrogens with one attached hydrogen (secondary N) is 1. The summed E-state index contributed by atoms with van der Waals surface area (Å²) in [5, 5.41) is 5.41. The lowest BCUT2D eigenvalue weighted by Crippen LogP contribution is -1.99. The predicted octanol–water partition coefficient (Wildman–Crippen LogP) is 3.71. The SMILES string of the molecule is CCCc1ccc(NCc2cccs2)nc1. The molecule has 0 aromatic carbocycles. The summed E-state index contributed by atoms with van der Waals surface area (Å²) in [6.07, 6.45) is 4.24. The van der Waals surface area contributed by atoms with E-state index < -0.39 is 0 Å². The fourth-order valence-electron chi connectivity index (χ4n) is 1.56. The second-order valence-corrected chi connectivity index (χ2v) is 4.77. The molecule has 84 valence electrons. The number of pyridine rings is 1. The van der Waals surface area contributed by atoms with Crippen molar-refractivity contribution in [3.63, 3.8) is 0 Å². The van der Waals surface area contributed by atoms with Crippen LogP contribution in [-0.4, -0.2) is 4.98 Å². The summed E-state index contributed by atoms with van der Waals surface area (Å²) in [6, 6.07) is 8.40. The number of aryl methyl sites for hydroxylation is 1. The van der Waals surface area contributed by atoms with Crippen molar-refractivity contribution < 1.29 is 0 Å². The molecule has 0 aliphatic heterocycles. The highest BCUT2D eigenvalue weighted by Crippen LogP contribution is 2.12. The van der Waals surface area contributed by atoms with Crippen LogP contribution in [0.1, 0.15) is 23.8 Å². The summed E-state index contributed by atoms with van der Waals surface area (Å²) in [7, 11) is 0. The van der Waals surface area contributed by atoms with E-state index in [9.17, 15) is 0 Å². The molecule has 3 heteroatoms. The Balaban J connectivity index is 1.90. The van der Waals surface area contributed by atoms with Gasteiger partial charge in [0.1, 0.15) is 5.82 Å². The van der Waals surface area contributed by atoms with E-state index in [1.807, 2.05) is 6.20 Å². The molecule has 2 rings (SSSR count). The van der Waals surface area contributed by atoms with Crippen LogP contribution >= 0.6 is 11.3 Å². The van der Waals surface area contributed by atoms with E-state index in [1.165, 1.54) is 16.9 Å². The topological polar surface area (TPSA) is 24.9 Å². The van der Waals surface area contributed by atoms with Crippen LogP contribution in [0.3, 0.4) is 0 Å². The number of hydrogen-bond donors (Lipinski definition) is 1. The van der Waals surface area contributed by atoms with Gasteiger partial charge < -0.3 is 5.32 Å². The molecule has 2 heterocycles. The minimum Gasteiger partial charge on any atom is -0.365 e. The van der Waals surface area contributed by atoms with Crippen molar-refractivity contribution in [1.29, 1.82) is 0 Å². The maximum absolute atomic E-state index is 4.39. The van der Waals surface area contributed by atoms with Crippen LogP contribution in [0.5, 0.6) is 0 Å². The first kappa shape index (κ1) is 11.1. The third-order valence-corrected chi connectivity index (χ3v) is 3.26. The first-order chi connectivity index (χ1) is 7.88. The van der Waals surface area contributed by atoms with Gasteiger partial charge in [-0.25, -0.2) is 4.98 Å². The molecule has 0 amide bonds. The van der Waals surface area contributed by atoms with E-state index in [-0.39, 0.29) is 0 Å². The van der Waals surface area contributed by atoms with Crippen LogP contribution in [0.4, 0.5) is 5.82 Å². The minimum absolute atomic E-state index is 0.859. The van der Waals surface area contributed by atoms with Gasteiger partial charge in [0, 0.05) is 11.1 Å². The van der Waals surface area contributed by atoms with Gasteiger partial charge in [-0.3, -0.25) is 0 Å². The Morgan fingerprint density at radius 1 is 1.31 bits per heavy atom. The molecule has 0 aliphatic rings. The normalized spacial score (nSPS) is 10.3. The van der Waals surface area contributed by atoms with E-state index in [0.29, 0.717) is 0 Å². The Kier molecular flexibility index (Phi) is 3.94. The van der Waals surface area contributed by atoms with Crippen LogP contribution in [0, 0.1) is 0 Å². The van der Waals surface area contributed by atoms with E-state index in [4.69, 9.17) is 0 Å². The van der Waals surface area contributed by atoms with Gasteiger partial charge in [0.2, 0.25) is 0 Å². The van der Waals surface area contributed by atoms with Gasteiger partial charge in [0.15, 0.2) is 0 Å². The quantitative estimate of drug-likeness (QED) is 0.850. The monoisotopic (exact) mass is 232 g/mol. The molecule has 0 bridgehead atoms. The highest BCUT2D eigenvalue weighted by atomic mass is 32.1. The molecule has 0 aliphatic carbocycles. The average Bonchev–Trinajstić information content (AvgIpc) is 2.82. The lowest BCUT2D eigenvalue weighted by atomic mass is 10.2. The summed E-state index contributed by atoms with van der Waals surface area (Å²) in [6.45, 7) is 3.04. The lowest BCUT2D eigenvalue weighted by molar-refractivity contribution is 0.913. The molecular weight excluding hydrogens is 216 g/mol. The van der Waals surface area contributed by atoms with Crippen molar-refractivity contribution in [1.82, 2.24) is 4.98 Å². The number of anilines is 1. The van der Waals surface area contributed by atoms with Gasteiger partial charge in [0.05, 0.1) is 6.54 Å². The van der Waals surface area contributed by atoms with Gasteiger partial charge in [-0.05, 0) is 29.5 Å². The first-order valence-corrected chi connectivity index (χ1v) is 6.47. The molecule has 0 radical (unpaired) electrons. The number of nitrogens with zero attached hydrogens (tertiary/aromatic N) is 1. The molecule has 2 nitrogen and oxygen atoms in total. The van der Waals surface area contributed by atoms with Crippen molar-refractivity contribution >= 4 is 17.2 Å². The summed E-state index contributed by atoms with van der Waals surface area (Å²) < 4.78 is 0. The third-order valence-electron chi connectivity index (χ3n) is 2.39. The highest BCUT2D eigenvalue weighted by molar-refractivity contribution is 7.09. The average molecular weight is 232 g/mol. The molecule has 1 N–H and O–H groups in total. The Labute approximate surface area is 100 Å². The van der Waals surface area contributed by atoms with Gasteiger partial charge in [0.25, 0.3) is 0 Å². The largest absolute Gasteiger partial charge is 0.365 e. The maximum Gasteiger partial charge on any atom is 0.126 e. The van der Waals surface area contributed by atoms with E-state index in [2.05, 4.69) is 46.9 Å². The summed E-state index contributed by atoms with van der Waals surface area (Å²) in [5.74, 6) is 0.952. The van der Waals surface area contributed by atoms with Crippen molar-refractivity contribution in [2.75, 3.05) is 5.32 Å². The summed E-state index contributed by atoms with van der Waals surface area (Å²) >= 11 is 1.76. The fourth-order valence-corrected chi connectivity index (χ4v) is 2.20. The van der Waals surface area contributed by atoms with Crippen LogP contribution in [0.25, 0.3) is 0 Å². The number of aromatic nitrogens is 1. The zero-order valence-electron chi connectivity index (χ0n) is 9.44. The van der Waals surface area contributed by atoms with Crippen LogP contribution in [-0.2, 0) is 13.0 Å². The molecular formula is C13H16N2S. The molecule has 2 aromatic heterocycles. The van der Waals surface area contributed by atoms with E-state index in [1.54, 1.807) is 11.3 Å². The van der Waals surface area contributed by atoms with Crippen molar-refractivity contribution in [2.45, 2.75) is 26.3 Å². The van der Waals surface area contributed by atoms with Crippen LogP contribution < -0.4 is 5.32 Å². The minimum atomic E-state index is 0.859. The molecule has 2 aromatic rings. The van der Waals surface area contributed by atoms with Crippen molar-refractivity contribution in [3.05, 3.63) is 46.3 Å². The van der Waals surface area contributed by atoms with E-state index >= 15 is 0 Å².